The normalized spacial score (nSPS) is 20.6. The molecule has 15 heteroatoms. The fourth-order valence-corrected chi connectivity index (χ4v) is 8.10. The van der Waals surface area contributed by atoms with Crippen LogP contribution in [-0.4, -0.2) is 87.7 Å². The van der Waals surface area contributed by atoms with Crippen LogP contribution in [0.25, 0.3) is 5.52 Å². The molecule has 0 spiro atoms. The van der Waals surface area contributed by atoms with E-state index in [-0.39, 0.29) is 25.5 Å². The number of benzene rings is 1. The highest BCUT2D eigenvalue weighted by molar-refractivity contribution is 7.47. The average molecular weight is 841 g/mol. The molecule has 0 bridgehead atoms. The molecule has 6 atom stereocenters. The zero-order valence-corrected chi connectivity index (χ0v) is 36.0. The molecule has 1 aliphatic rings. The summed E-state index contributed by atoms with van der Waals surface area (Å²) in [4.78, 5) is 14.8. The fourth-order valence-electron chi connectivity index (χ4n) is 7.34. The van der Waals surface area contributed by atoms with Crippen LogP contribution in [-0.2, 0) is 40.0 Å². The minimum atomic E-state index is -4.74. The number of terminal acetylenes is 1. The second-order valence-corrected chi connectivity index (χ2v) is 16.8. The molecule has 326 valence electrons. The van der Waals surface area contributed by atoms with Crippen molar-refractivity contribution in [1.29, 1.82) is 5.26 Å². The third-order valence-electron chi connectivity index (χ3n) is 10.8. The fraction of sp³-hybridized carbons (Fsp3) is 0.659. The van der Waals surface area contributed by atoms with Crippen molar-refractivity contribution in [2.75, 3.05) is 33.5 Å². The Morgan fingerprint density at radius 2 is 1.59 bits per heavy atom. The molecule has 2 aromatic heterocycles. The van der Waals surface area contributed by atoms with Crippen molar-refractivity contribution >= 4 is 13.3 Å². The molecule has 3 heterocycles. The van der Waals surface area contributed by atoms with E-state index in [1.807, 2.05) is 0 Å². The van der Waals surface area contributed by atoms with Crippen LogP contribution in [0.1, 0.15) is 132 Å². The van der Waals surface area contributed by atoms with Crippen molar-refractivity contribution in [3.63, 3.8) is 0 Å². The Hall–Kier alpha value is -3.40. The van der Waals surface area contributed by atoms with Gasteiger partial charge in [0.05, 0.1) is 56.0 Å². The summed E-state index contributed by atoms with van der Waals surface area (Å²) in [6.45, 7) is 3.69. The second kappa shape index (κ2) is 25.4. The summed E-state index contributed by atoms with van der Waals surface area (Å²) < 4.78 is 48.4. The van der Waals surface area contributed by atoms with Crippen molar-refractivity contribution in [1.82, 2.24) is 14.6 Å². The lowest BCUT2D eigenvalue weighted by Gasteiger charge is -2.26. The van der Waals surface area contributed by atoms with Crippen molar-refractivity contribution in [2.24, 2.45) is 0 Å². The topological polar surface area (TPSA) is 187 Å². The van der Waals surface area contributed by atoms with E-state index in [2.05, 4.69) is 29.0 Å². The third-order valence-corrected chi connectivity index (χ3v) is 11.8. The Balaban J connectivity index is 1.21. The Morgan fingerprint density at radius 3 is 2.20 bits per heavy atom. The molecule has 0 amide bonds. The first-order valence-electron chi connectivity index (χ1n) is 21.3. The van der Waals surface area contributed by atoms with E-state index >= 15 is 0 Å². The van der Waals surface area contributed by atoms with Crippen LogP contribution in [0.5, 0.6) is 5.75 Å². The predicted molar refractivity (Wildman–Crippen MR) is 224 cm³/mol. The summed E-state index contributed by atoms with van der Waals surface area (Å²) >= 11 is 0. The quantitative estimate of drug-likeness (QED) is 0.0335. The van der Waals surface area contributed by atoms with Crippen LogP contribution in [0.4, 0.5) is 0 Å². The van der Waals surface area contributed by atoms with E-state index in [1.165, 1.54) is 101 Å². The van der Waals surface area contributed by atoms with Gasteiger partial charge in [0.1, 0.15) is 42.6 Å². The van der Waals surface area contributed by atoms with E-state index in [0.29, 0.717) is 34.7 Å². The van der Waals surface area contributed by atoms with Gasteiger partial charge in [-0.3, -0.25) is 9.05 Å². The number of nitrogens with zero attached hydrogens (tertiary/aromatic N) is 4. The highest BCUT2D eigenvalue weighted by atomic mass is 31.2. The van der Waals surface area contributed by atoms with Gasteiger partial charge in [-0.15, -0.1) is 6.42 Å². The highest BCUT2D eigenvalue weighted by Gasteiger charge is 2.56. The Morgan fingerprint density at radius 1 is 0.949 bits per heavy atom. The number of hydrogen-bond donors (Lipinski definition) is 3. The monoisotopic (exact) mass is 840 g/mol. The minimum absolute atomic E-state index is 0.0682. The van der Waals surface area contributed by atoms with Crippen LogP contribution in [0.2, 0.25) is 0 Å². The number of aryl methyl sites for hydroxylation is 1. The van der Waals surface area contributed by atoms with E-state index in [1.54, 1.807) is 37.3 Å². The first-order chi connectivity index (χ1) is 28.6. The number of methoxy groups -OCH3 is 1. The van der Waals surface area contributed by atoms with Crippen LogP contribution < -0.4 is 4.74 Å². The number of aliphatic hydroxyl groups excluding tert-OH is 2. The molecule has 1 aliphatic heterocycles. The summed E-state index contributed by atoms with van der Waals surface area (Å²) in [6.07, 6.45) is 22.3. The van der Waals surface area contributed by atoms with Crippen molar-refractivity contribution < 1.29 is 47.7 Å². The summed E-state index contributed by atoms with van der Waals surface area (Å²) in [6, 6.07) is 10.5. The molecule has 1 saturated heterocycles. The molecule has 0 radical (unpaired) electrons. The maximum absolute atomic E-state index is 13.1. The third kappa shape index (κ3) is 14.6. The number of unbranched alkanes of at least 4 members (excludes halogenated alkanes) is 15. The summed E-state index contributed by atoms with van der Waals surface area (Å²) in [5.41, 5.74) is 0.756. The number of fused-ring (bicyclic) bond motifs is 1. The summed E-state index contributed by atoms with van der Waals surface area (Å²) in [5, 5.41) is 35.8. The predicted octanol–water partition coefficient (Wildman–Crippen LogP) is 7.86. The largest absolute Gasteiger partial charge is 0.495 e. The van der Waals surface area contributed by atoms with Gasteiger partial charge in [-0.2, -0.15) is 10.4 Å². The Kier molecular flexibility index (Phi) is 20.8. The first-order valence-corrected chi connectivity index (χ1v) is 22.8. The Bertz CT molecular complexity index is 1830. The maximum Gasteiger partial charge on any atom is 0.472 e. The molecule has 1 aromatic carbocycles. The standard InChI is InChI=1S/C44H65N4O10P/c1-5-7-8-9-10-11-12-13-14-15-16-17-18-19-20-21-26-54-30-37(55-29-35-22-24-39(53-4)36(27-35)28-45)31-56-59(51,52)57-32-40-42(49)43(50)44(6-2,58-40)41-25-23-38-34(3)46-33-47-48(38)41/h2,22-25,27,33,37,40,42-43,49-50H,5,7-21,26,29-32H2,1,3-4H3,(H,51,52)/t37-,40-,42-,43-,44+/m1/s1. The SMILES string of the molecule is C#C[C@@]1(c2ccc3c(C)ncnn23)O[C@H](COP(=O)(O)OC[C@@H](COCCCCCCCCCCCCCCCCCC)OCc2ccc(OC)c(C#N)c2)[C@@H](O)[C@H]1O. The number of nitriles is 1. The smallest absolute Gasteiger partial charge is 0.472 e. The lowest BCUT2D eigenvalue weighted by Crippen LogP contribution is -2.41. The lowest BCUT2D eigenvalue weighted by molar-refractivity contribution is -0.0681. The van der Waals surface area contributed by atoms with Crippen molar-refractivity contribution in [3.05, 3.63) is 59.2 Å². The molecule has 3 N–H and O–H groups in total. The van der Waals surface area contributed by atoms with Gasteiger partial charge in [0.15, 0.2) is 5.60 Å². The molecule has 14 nitrogen and oxygen atoms in total. The van der Waals surface area contributed by atoms with Gasteiger partial charge in [-0.05, 0) is 43.2 Å². The van der Waals surface area contributed by atoms with Gasteiger partial charge < -0.3 is 34.1 Å². The van der Waals surface area contributed by atoms with E-state index < -0.39 is 44.4 Å². The van der Waals surface area contributed by atoms with Gasteiger partial charge >= 0.3 is 7.82 Å². The van der Waals surface area contributed by atoms with Crippen LogP contribution in [0.15, 0.2) is 36.7 Å². The highest BCUT2D eigenvalue weighted by Crippen LogP contribution is 2.46. The second-order valence-electron chi connectivity index (χ2n) is 15.4. The van der Waals surface area contributed by atoms with E-state index in [4.69, 9.17) is 34.4 Å². The van der Waals surface area contributed by atoms with Crippen molar-refractivity contribution in [2.45, 2.75) is 153 Å². The van der Waals surface area contributed by atoms with Crippen LogP contribution in [0, 0.1) is 30.6 Å². The molecule has 1 unspecified atom stereocenters. The zero-order chi connectivity index (χ0) is 42.5. The number of aromatic nitrogens is 3. The molecule has 4 rings (SSSR count). The average Bonchev–Trinajstić information content (AvgIpc) is 3.79. The first kappa shape index (κ1) is 48.3. The summed E-state index contributed by atoms with van der Waals surface area (Å²) in [7, 11) is -3.26. The van der Waals surface area contributed by atoms with Gasteiger partial charge in [0.25, 0.3) is 0 Å². The molecule has 59 heavy (non-hydrogen) atoms. The molecule has 0 aliphatic carbocycles. The Labute approximate surface area is 350 Å². The number of ether oxygens (including phenoxy) is 4. The van der Waals surface area contributed by atoms with Crippen LogP contribution >= 0.6 is 7.82 Å². The number of aliphatic hydroxyl groups is 2. The minimum Gasteiger partial charge on any atom is -0.495 e. The number of phosphoric ester groups is 1. The van der Waals surface area contributed by atoms with Gasteiger partial charge in [0.2, 0.25) is 0 Å². The number of rotatable bonds is 30. The van der Waals surface area contributed by atoms with Crippen LogP contribution in [0.3, 0.4) is 0 Å². The van der Waals surface area contributed by atoms with Crippen molar-refractivity contribution in [3.8, 4) is 24.2 Å². The maximum atomic E-state index is 13.1. The van der Waals surface area contributed by atoms with Gasteiger partial charge in [-0.1, -0.05) is 115 Å². The van der Waals surface area contributed by atoms with E-state index in [9.17, 15) is 24.9 Å². The molecular formula is C44H65N4O10P. The lowest BCUT2D eigenvalue weighted by atomic mass is 9.92. The van der Waals surface area contributed by atoms with Gasteiger partial charge in [0, 0.05) is 6.61 Å². The van der Waals surface area contributed by atoms with E-state index in [0.717, 1.165) is 19.3 Å². The molecular weight excluding hydrogens is 775 g/mol. The molecule has 3 aromatic rings. The molecule has 1 fully saturated rings. The number of phosphoric acid groups is 1. The number of hydrogen-bond acceptors (Lipinski definition) is 12. The zero-order valence-electron chi connectivity index (χ0n) is 35.1. The molecule has 0 saturated carbocycles. The van der Waals surface area contributed by atoms with Gasteiger partial charge in [-0.25, -0.2) is 14.1 Å². The summed E-state index contributed by atoms with van der Waals surface area (Å²) in [5.74, 6) is 2.89.